The molecule has 4 rings (SSSR count). The van der Waals surface area contributed by atoms with Crippen molar-refractivity contribution in [1.29, 1.82) is 0 Å². The van der Waals surface area contributed by atoms with Crippen LogP contribution in [0.25, 0.3) is 10.9 Å². The van der Waals surface area contributed by atoms with E-state index in [4.69, 9.17) is 18.9 Å². The van der Waals surface area contributed by atoms with Gasteiger partial charge in [0.25, 0.3) is 0 Å². The van der Waals surface area contributed by atoms with E-state index in [-0.39, 0.29) is 0 Å². The number of nitrogens with zero attached hydrogens (tertiary/aromatic N) is 3. The summed E-state index contributed by atoms with van der Waals surface area (Å²) >= 11 is 0. The fourth-order valence-electron chi connectivity index (χ4n) is 3.93. The third kappa shape index (κ3) is 5.14. The highest BCUT2D eigenvalue weighted by atomic mass is 16.5. The maximum atomic E-state index is 5.48. The first-order valence-electron chi connectivity index (χ1n) is 10.6. The number of aryl methyl sites for hydroxylation is 1. The molecular weight excluding hydrogens is 418 g/mol. The predicted molar refractivity (Wildman–Crippen MR) is 130 cm³/mol. The van der Waals surface area contributed by atoms with Gasteiger partial charge in [-0.15, -0.1) is 0 Å². The number of rotatable bonds is 9. The Labute approximate surface area is 194 Å². The molecule has 172 valence electrons. The quantitative estimate of drug-likeness (QED) is 0.367. The van der Waals surface area contributed by atoms with Gasteiger partial charge in [-0.05, 0) is 53.6 Å². The van der Waals surface area contributed by atoms with Crippen molar-refractivity contribution < 1.29 is 18.9 Å². The molecule has 0 unspecified atom stereocenters. The summed E-state index contributed by atoms with van der Waals surface area (Å²) in [5, 5.41) is 5.59. The number of anilines is 1. The number of hydrogen-bond donors (Lipinski definition) is 0. The third-order valence-corrected chi connectivity index (χ3v) is 5.54. The zero-order valence-electron chi connectivity index (χ0n) is 19.7. The monoisotopic (exact) mass is 447 g/mol. The van der Waals surface area contributed by atoms with Crippen molar-refractivity contribution in [1.82, 2.24) is 9.78 Å². The SMILES string of the molecule is COc1cc(CN(Cc2cc(OC)cc(OC)c2)c2ccc3nn(C)cc3c2)cc(OC)c1. The van der Waals surface area contributed by atoms with Crippen LogP contribution >= 0.6 is 0 Å². The zero-order chi connectivity index (χ0) is 23.4. The summed E-state index contributed by atoms with van der Waals surface area (Å²) in [5.74, 6) is 3.04. The lowest BCUT2D eigenvalue weighted by molar-refractivity contribution is 0.393. The molecule has 7 nitrogen and oxygen atoms in total. The molecule has 0 amide bonds. The first-order chi connectivity index (χ1) is 16.0. The molecule has 0 bridgehead atoms. The molecule has 33 heavy (non-hydrogen) atoms. The number of hydrogen-bond acceptors (Lipinski definition) is 6. The second-order valence-electron chi connectivity index (χ2n) is 7.84. The number of methoxy groups -OCH3 is 4. The van der Waals surface area contributed by atoms with E-state index in [1.807, 2.05) is 54.3 Å². The molecule has 1 aromatic heterocycles. The van der Waals surface area contributed by atoms with Gasteiger partial charge in [-0.2, -0.15) is 5.10 Å². The smallest absolute Gasteiger partial charge is 0.122 e. The maximum Gasteiger partial charge on any atom is 0.122 e. The molecule has 0 N–H and O–H groups in total. The Bertz CT molecular complexity index is 1150. The first kappa shape index (κ1) is 22.3. The van der Waals surface area contributed by atoms with Crippen LogP contribution in [-0.4, -0.2) is 38.2 Å². The Kier molecular flexibility index (Phi) is 6.58. The van der Waals surface area contributed by atoms with Crippen LogP contribution in [0.15, 0.2) is 60.8 Å². The topological polar surface area (TPSA) is 58.0 Å². The lowest BCUT2D eigenvalue weighted by Crippen LogP contribution is -2.22. The molecule has 0 aliphatic rings. The van der Waals surface area contributed by atoms with Crippen molar-refractivity contribution in [2.24, 2.45) is 7.05 Å². The normalized spacial score (nSPS) is 10.8. The van der Waals surface area contributed by atoms with Crippen LogP contribution in [0.5, 0.6) is 23.0 Å². The summed E-state index contributed by atoms with van der Waals surface area (Å²) in [4.78, 5) is 2.30. The number of fused-ring (bicyclic) bond motifs is 1. The van der Waals surface area contributed by atoms with Gasteiger partial charge in [-0.3, -0.25) is 4.68 Å². The van der Waals surface area contributed by atoms with Gasteiger partial charge >= 0.3 is 0 Å². The Balaban J connectivity index is 1.74. The Morgan fingerprint density at radius 3 is 1.64 bits per heavy atom. The molecule has 0 aliphatic heterocycles. The van der Waals surface area contributed by atoms with E-state index in [1.165, 1.54) is 0 Å². The Morgan fingerprint density at radius 2 is 1.18 bits per heavy atom. The predicted octanol–water partition coefficient (Wildman–Crippen LogP) is 4.81. The van der Waals surface area contributed by atoms with Crippen molar-refractivity contribution in [3.05, 3.63) is 71.9 Å². The molecule has 0 spiro atoms. The van der Waals surface area contributed by atoms with Crippen LogP contribution in [0, 0.1) is 0 Å². The third-order valence-electron chi connectivity index (χ3n) is 5.54. The molecule has 1 heterocycles. The minimum Gasteiger partial charge on any atom is -0.497 e. The number of ether oxygens (including phenoxy) is 4. The molecular formula is C26H29N3O4. The highest BCUT2D eigenvalue weighted by Crippen LogP contribution is 2.30. The van der Waals surface area contributed by atoms with Gasteiger partial charge in [0.15, 0.2) is 0 Å². The van der Waals surface area contributed by atoms with E-state index in [9.17, 15) is 0 Å². The molecule has 0 fully saturated rings. The van der Waals surface area contributed by atoms with Crippen LogP contribution in [0.4, 0.5) is 5.69 Å². The second kappa shape index (κ2) is 9.73. The largest absolute Gasteiger partial charge is 0.497 e. The van der Waals surface area contributed by atoms with Crippen LogP contribution in [0.3, 0.4) is 0 Å². The van der Waals surface area contributed by atoms with Crippen molar-refractivity contribution in [3.8, 4) is 23.0 Å². The molecule has 0 saturated heterocycles. The lowest BCUT2D eigenvalue weighted by Gasteiger charge is -2.26. The van der Waals surface area contributed by atoms with E-state index in [0.717, 1.165) is 50.7 Å². The standard InChI is InChI=1S/C26H29N3O4/c1-28-17-20-12-21(6-7-26(20)27-28)29(15-18-8-22(30-2)13-23(9-18)31-3)16-19-10-24(32-4)14-25(11-19)33-5/h6-14,17H,15-16H2,1-5H3. The van der Waals surface area contributed by atoms with E-state index < -0.39 is 0 Å². The van der Waals surface area contributed by atoms with Crippen LogP contribution in [0.2, 0.25) is 0 Å². The molecule has 0 aliphatic carbocycles. The molecule has 3 aromatic carbocycles. The fourth-order valence-corrected chi connectivity index (χ4v) is 3.93. The van der Waals surface area contributed by atoms with Crippen molar-refractivity contribution in [2.45, 2.75) is 13.1 Å². The highest BCUT2D eigenvalue weighted by Gasteiger charge is 2.14. The van der Waals surface area contributed by atoms with Gasteiger partial charge in [0.2, 0.25) is 0 Å². The van der Waals surface area contributed by atoms with Crippen molar-refractivity contribution in [3.63, 3.8) is 0 Å². The van der Waals surface area contributed by atoms with E-state index in [1.54, 1.807) is 28.4 Å². The summed E-state index contributed by atoms with van der Waals surface area (Å²) in [6.45, 7) is 1.30. The first-order valence-corrected chi connectivity index (χ1v) is 10.6. The number of benzene rings is 3. The summed E-state index contributed by atoms with van der Waals surface area (Å²) in [6.07, 6.45) is 2.03. The summed E-state index contributed by atoms with van der Waals surface area (Å²) in [6, 6.07) is 18.2. The molecule has 0 radical (unpaired) electrons. The minimum absolute atomic E-state index is 0.652. The van der Waals surface area contributed by atoms with Crippen LogP contribution < -0.4 is 23.8 Å². The minimum atomic E-state index is 0.652. The second-order valence-corrected chi connectivity index (χ2v) is 7.84. The number of aromatic nitrogens is 2. The Morgan fingerprint density at radius 1 is 0.697 bits per heavy atom. The van der Waals surface area contributed by atoms with E-state index in [0.29, 0.717) is 13.1 Å². The molecule has 7 heteroatoms. The molecule has 4 aromatic rings. The average molecular weight is 448 g/mol. The van der Waals surface area contributed by atoms with Gasteiger partial charge in [0.05, 0.1) is 34.0 Å². The van der Waals surface area contributed by atoms with Crippen molar-refractivity contribution >= 4 is 16.6 Å². The van der Waals surface area contributed by atoms with Gasteiger partial charge in [0.1, 0.15) is 23.0 Å². The van der Waals surface area contributed by atoms with E-state index in [2.05, 4.69) is 28.2 Å². The average Bonchev–Trinajstić information content (AvgIpc) is 3.22. The van der Waals surface area contributed by atoms with Gasteiger partial charge in [-0.1, -0.05) is 0 Å². The van der Waals surface area contributed by atoms with Gasteiger partial charge < -0.3 is 23.8 Å². The maximum absolute atomic E-state index is 5.48. The summed E-state index contributed by atoms with van der Waals surface area (Å²) in [5.41, 5.74) is 4.20. The van der Waals surface area contributed by atoms with Gasteiger partial charge in [0, 0.05) is 49.5 Å². The van der Waals surface area contributed by atoms with Crippen molar-refractivity contribution in [2.75, 3.05) is 33.3 Å². The van der Waals surface area contributed by atoms with Crippen LogP contribution in [-0.2, 0) is 20.1 Å². The summed E-state index contributed by atoms with van der Waals surface area (Å²) < 4.78 is 23.8. The molecule has 0 saturated carbocycles. The molecule has 0 atom stereocenters. The van der Waals surface area contributed by atoms with Crippen LogP contribution in [0.1, 0.15) is 11.1 Å². The Hall–Kier alpha value is -3.87. The van der Waals surface area contributed by atoms with Gasteiger partial charge in [-0.25, -0.2) is 0 Å². The lowest BCUT2D eigenvalue weighted by atomic mass is 10.1. The van der Waals surface area contributed by atoms with E-state index >= 15 is 0 Å². The summed E-state index contributed by atoms with van der Waals surface area (Å²) in [7, 11) is 8.58. The highest BCUT2D eigenvalue weighted by molar-refractivity contribution is 5.82. The zero-order valence-corrected chi connectivity index (χ0v) is 19.7. The fraction of sp³-hybridized carbons (Fsp3) is 0.269.